The number of carbonyl (C=O) groups excluding carboxylic acids is 4. The minimum absolute atomic E-state index is 0.0862. The quantitative estimate of drug-likeness (QED) is 0.381. The fourth-order valence-electron chi connectivity index (χ4n) is 4.23. The van der Waals surface area contributed by atoms with Crippen LogP contribution in [0.2, 0.25) is 0 Å². The number of benzene rings is 1. The van der Waals surface area contributed by atoms with Gasteiger partial charge in [-0.2, -0.15) is 0 Å². The van der Waals surface area contributed by atoms with Gasteiger partial charge in [-0.25, -0.2) is 29.6 Å². The van der Waals surface area contributed by atoms with Gasteiger partial charge >= 0.3 is 24.1 Å². The largest absolute Gasteiger partial charge is 0.467 e. The highest BCUT2D eigenvalue weighted by atomic mass is 16.6. The molecule has 0 saturated carbocycles. The molecule has 1 saturated heterocycles. The lowest BCUT2D eigenvalue weighted by Gasteiger charge is -2.35. The van der Waals surface area contributed by atoms with Gasteiger partial charge in [0.05, 0.1) is 13.2 Å². The van der Waals surface area contributed by atoms with Crippen molar-refractivity contribution in [2.45, 2.75) is 71.7 Å². The Morgan fingerprint density at radius 3 is 2.38 bits per heavy atom. The molecule has 206 valence electrons. The lowest BCUT2D eigenvalue weighted by atomic mass is 10.0. The number of urea groups is 2. The molecule has 0 aliphatic carbocycles. The maximum Gasteiger partial charge on any atom is 0.426 e. The van der Waals surface area contributed by atoms with Crippen LogP contribution in [0.25, 0.3) is 0 Å². The molecule has 0 aromatic heterocycles. The summed E-state index contributed by atoms with van der Waals surface area (Å²) in [6.07, 6.45) is 1.20. The van der Waals surface area contributed by atoms with Gasteiger partial charge in [-0.05, 0) is 44.6 Å². The van der Waals surface area contributed by atoms with Crippen LogP contribution in [-0.4, -0.2) is 84.3 Å². The van der Waals surface area contributed by atoms with Gasteiger partial charge in [-0.3, -0.25) is 0 Å². The smallest absolute Gasteiger partial charge is 0.426 e. The second-order valence-corrected chi connectivity index (χ2v) is 9.91. The fraction of sp³-hybridized carbons (Fsp3) is 0.615. The van der Waals surface area contributed by atoms with E-state index in [0.717, 1.165) is 17.0 Å². The van der Waals surface area contributed by atoms with Crippen LogP contribution in [0.1, 0.15) is 52.5 Å². The van der Waals surface area contributed by atoms with Crippen LogP contribution < -0.4 is 10.7 Å². The molecule has 37 heavy (non-hydrogen) atoms. The Kier molecular flexibility index (Phi) is 11.5. The first-order chi connectivity index (χ1) is 17.5. The van der Waals surface area contributed by atoms with E-state index in [9.17, 15) is 19.2 Å². The summed E-state index contributed by atoms with van der Waals surface area (Å²) in [7, 11) is 2.76. The Morgan fingerprint density at radius 2 is 1.78 bits per heavy atom. The van der Waals surface area contributed by atoms with Gasteiger partial charge in [0.2, 0.25) is 0 Å². The van der Waals surface area contributed by atoms with Crippen molar-refractivity contribution < 1.29 is 28.7 Å². The van der Waals surface area contributed by atoms with Crippen LogP contribution >= 0.6 is 0 Å². The fourth-order valence-corrected chi connectivity index (χ4v) is 4.23. The summed E-state index contributed by atoms with van der Waals surface area (Å²) in [4.78, 5) is 53.9. The lowest BCUT2D eigenvalue weighted by molar-refractivity contribution is -0.143. The number of nitrogens with one attached hydrogen (secondary N) is 2. The summed E-state index contributed by atoms with van der Waals surface area (Å²) in [6, 6.07) is 7.30. The van der Waals surface area contributed by atoms with Crippen LogP contribution in [0.3, 0.4) is 0 Å². The van der Waals surface area contributed by atoms with Crippen LogP contribution in [-0.2, 0) is 20.9 Å². The average Bonchev–Trinajstić information content (AvgIpc) is 3.32. The molecule has 1 aromatic carbocycles. The molecule has 1 aromatic rings. The van der Waals surface area contributed by atoms with Crippen LogP contribution in [0.5, 0.6) is 0 Å². The summed E-state index contributed by atoms with van der Waals surface area (Å²) < 4.78 is 10.1. The Bertz CT molecular complexity index is 910. The molecule has 1 heterocycles. The number of hydrazine groups is 1. The minimum atomic E-state index is -0.753. The second-order valence-electron chi connectivity index (χ2n) is 9.91. The second kappa shape index (κ2) is 14.3. The van der Waals surface area contributed by atoms with E-state index in [4.69, 9.17) is 9.47 Å². The summed E-state index contributed by atoms with van der Waals surface area (Å²) in [6.45, 7) is 8.57. The molecule has 11 nitrogen and oxygen atoms in total. The molecule has 0 spiro atoms. The van der Waals surface area contributed by atoms with E-state index in [0.29, 0.717) is 19.4 Å². The van der Waals surface area contributed by atoms with E-state index < -0.39 is 24.1 Å². The monoisotopic (exact) mass is 519 g/mol. The third kappa shape index (κ3) is 9.14. The average molecular weight is 520 g/mol. The molecule has 2 N–H and O–H groups in total. The molecular weight excluding hydrogens is 478 g/mol. The summed E-state index contributed by atoms with van der Waals surface area (Å²) in [5.41, 5.74) is 3.28. The minimum Gasteiger partial charge on any atom is -0.467 e. The first-order valence-electron chi connectivity index (χ1n) is 12.7. The topological polar surface area (TPSA) is 121 Å². The zero-order valence-electron chi connectivity index (χ0n) is 22.7. The Hall–Kier alpha value is -3.50. The van der Waals surface area contributed by atoms with Gasteiger partial charge in [-0.15, -0.1) is 0 Å². The number of amides is 5. The third-order valence-corrected chi connectivity index (χ3v) is 6.16. The molecule has 11 heteroatoms. The summed E-state index contributed by atoms with van der Waals surface area (Å²) >= 11 is 0. The first-order valence-corrected chi connectivity index (χ1v) is 12.7. The van der Waals surface area contributed by atoms with Crippen molar-refractivity contribution in [3.8, 4) is 0 Å². The highest BCUT2D eigenvalue weighted by Crippen LogP contribution is 2.21. The van der Waals surface area contributed by atoms with Crippen LogP contribution in [0.15, 0.2) is 30.3 Å². The number of esters is 1. The SMILES string of the molecule is COC(=O)[C@H](CC(C)C)NC(=O)N(C[C@@H]1CCCN1C(=O)N(C)NC(=O)OCc1ccccc1)C(C)C. The highest BCUT2D eigenvalue weighted by Gasteiger charge is 2.35. The van der Waals surface area contributed by atoms with E-state index >= 15 is 0 Å². The maximum absolute atomic E-state index is 13.1. The standard InChI is InChI=1S/C26H41N5O6/c1-18(2)15-22(23(32)36-6)27-24(33)31(19(3)4)16-21-13-10-14-30(21)26(35)29(5)28-25(34)37-17-20-11-8-7-9-12-20/h7-9,11-12,18-19,21-22H,10,13-17H2,1-6H3,(H,27,33)(H,28,34)/t21-,22-/m0/s1. The molecule has 2 rings (SSSR count). The zero-order chi connectivity index (χ0) is 27.5. The molecule has 1 fully saturated rings. The van der Waals surface area contributed by atoms with E-state index in [2.05, 4.69) is 10.7 Å². The molecule has 5 amide bonds. The number of hydrogen-bond donors (Lipinski definition) is 2. The van der Waals surface area contributed by atoms with Gasteiger partial charge in [0.15, 0.2) is 0 Å². The number of carbonyl (C=O) groups is 4. The van der Waals surface area contributed by atoms with Crippen molar-refractivity contribution in [1.82, 2.24) is 25.6 Å². The normalized spacial score (nSPS) is 15.8. The predicted molar refractivity (Wildman–Crippen MR) is 138 cm³/mol. The molecule has 0 unspecified atom stereocenters. The predicted octanol–water partition coefficient (Wildman–Crippen LogP) is 3.35. The number of nitrogens with zero attached hydrogens (tertiary/aromatic N) is 3. The van der Waals surface area contributed by atoms with E-state index in [1.165, 1.54) is 14.2 Å². The molecule has 2 atom stereocenters. The summed E-state index contributed by atoms with van der Waals surface area (Å²) in [5.74, 6) is -0.308. The zero-order valence-corrected chi connectivity index (χ0v) is 22.7. The van der Waals surface area contributed by atoms with Gasteiger partial charge in [-0.1, -0.05) is 44.2 Å². The Morgan fingerprint density at radius 1 is 1.11 bits per heavy atom. The van der Waals surface area contributed by atoms with Crippen molar-refractivity contribution in [2.24, 2.45) is 5.92 Å². The van der Waals surface area contributed by atoms with Crippen molar-refractivity contribution in [2.75, 3.05) is 27.2 Å². The van der Waals surface area contributed by atoms with Crippen molar-refractivity contribution >= 4 is 24.1 Å². The lowest BCUT2D eigenvalue weighted by Crippen LogP contribution is -2.56. The summed E-state index contributed by atoms with van der Waals surface area (Å²) in [5, 5.41) is 3.90. The van der Waals surface area contributed by atoms with Gasteiger partial charge < -0.3 is 24.6 Å². The number of ether oxygens (including phenoxy) is 2. The van der Waals surface area contributed by atoms with Gasteiger partial charge in [0.1, 0.15) is 12.6 Å². The van der Waals surface area contributed by atoms with Gasteiger partial charge in [0.25, 0.3) is 0 Å². The van der Waals surface area contributed by atoms with Crippen molar-refractivity contribution in [1.29, 1.82) is 0 Å². The molecule has 1 aliphatic rings. The Labute approximate surface area is 219 Å². The maximum atomic E-state index is 13.1. The van der Waals surface area contributed by atoms with Crippen LogP contribution in [0.4, 0.5) is 14.4 Å². The number of rotatable bonds is 9. The molecular formula is C26H41N5O6. The molecule has 0 radical (unpaired) electrons. The van der Waals surface area contributed by atoms with Gasteiger partial charge in [0, 0.05) is 26.2 Å². The highest BCUT2D eigenvalue weighted by molar-refractivity contribution is 5.84. The molecule has 0 bridgehead atoms. The van der Waals surface area contributed by atoms with Crippen molar-refractivity contribution in [3.63, 3.8) is 0 Å². The number of likely N-dealkylation sites (tertiary alicyclic amines) is 1. The third-order valence-electron chi connectivity index (χ3n) is 6.16. The number of hydrogen-bond acceptors (Lipinski definition) is 6. The van der Waals surface area contributed by atoms with Crippen molar-refractivity contribution in [3.05, 3.63) is 35.9 Å². The Balaban J connectivity index is 1.98. The molecule has 1 aliphatic heterocycles. The first kappa shape index (κ1) is 29.7. The van der Waals surface area contributed by atoms with Crippen LogP contribution in [0, 0.1) is 5.92 Å². The van der Waals surface area contributed by atoms with E-state index in [-0.39, 0.29) is 37.2 Å². The van der Waals surface area contributed by atoms with E-state index in [1.807, 2.05) is 58.0 Å². The van der Waals surface area contributed by atoms with E-state index in [1.54, 1.807) is 9.80 Å². The number of methoxy groups -OCH3 is 1.